The molecule has 4 heteroatoms. The molecule has 1 heterocycles. The number of nitrogens with one attached hydrogen (secondary N) is 1. The predicted octanol–water partition coefficient (Wildman–Crippen LogP) is 4.61. The molecule has 102 valence electrons. The van der Waals surface area contributed by atoms with Gasteiger partial charge in [-0.15, -0.1) is 11.3 Å². The first-order valence-corrected chi connectivity index (χ1v) is 7.53. The van der Waals surface area contributed by atoms with E-state index in [1.165, 1.54) is 21.9 Å². The van der Waals surface area contributed by atoms with Gasteiger partial charge in [0.05, 0.1) is 0 Å². The molecule has 1 unspecified atom stereocenters. The van der Waals surface area contributed by atoms with Crippen LogP contribution in [0.5, 0.6) is 0 Å². The van der Waals surface area contributed by atoms with Crippen molar-refractivity contribution in [1.82, 2.24) is 5.32 Å². The van der Waals surface area contributed by atoms with E-state index in [0.29, 0.717) is 11.4 Å². The highest BCUT2D eigenvalue weighted by Crippen LogP contribution is 2.28. The second kappa shape index (κ2) is 6.51. The third kappa shape index (κ3) is 3.56. The molecule has 1 atom stereocenters. The van der Waals surface area contributed by atoms with E-state index in [1.807, 2.05) is 7.05 Å². The molecule has 2 rings (SSSR count). The first kappa shape index (κ1) is 14.5. The highest BCUT2D eigenvalue weighted by molar-refractivity contribution is 7.12. The Bertz CT molecular complexity index is 553. The highest BCUT2D eigenvalue weighted by atomic mass is 35.5. The highest BCUT2D eigenvalue weighted by Gasteiger charge is 2.14. The first-order chi connectivity index (χ1) is 9.13. The third-order valence-corrected chi connectivity index (χ3v) is 4.87. The van der Waals surface area contributed by atoms with Gasteiger partial charge in [0, 0.05) is 20.8 Å². The monoisotopic (exact) mass is 297 g/mol. The summed E-state index contributed by atoms with van der Waals surface area (Å²) < 4.78 is 13.3. The second-order valence-electron chi connectivity index (χ2n) is 4.44. The summed E-state index contributed by atoms with van der Waals surface area (Å²) in [6.45, 7) is 2.15. The van der Waals surface area contributed by atoms with E-state index >= 15 is 0 Å². The number of aryl methyl sites for hydroxylation is 1. The molecule has 0 saturated carbocycles. The number of thiophene rings is 1. The molecule has 1 aromatic heterocycles. The van der Waals surface area contributed by atoms with Crippen molar-refractivity contribution in [3.8, 4) is 0 Å². The molecule has 1 N–H and O–H groups in total. The number of halogens is 2. The van der Waals surface area contributed by atoms with Crippen LogP contribution in [-0.4, -0.2) is 7.05 Å². The minimum atomic E-state index is -0.241. The van der Waals surface area contributed by atoms with Gasteiger partial charge in [-0.1, -0.05) is 18.5 Å². The molecule has 0 fully saturated rings. The van der Waals surface area contributed by atoms with Gasteiger partial charge < -0.3 is 5.32 Å². The SMILES string of the molecule is CCc1ccc(C(Cc2cc(F)ccc2Cl)NC)s1. The zero-order chi connectivity index (χ0) is 13.8. The average Bonchev–Trinajstić information content (AvgIpc) is 2.88. The minimum Gasteiger partial charge on any atom is -0.312 e. The van der Waals surface area contributed by atoms with Crippen LogP contribution < -0.4 is 5.32 Å². The molecule has 0 saturated heterocycles. The van der Waals surface area contributed by atoms with Gasteiger partial charge in [-0.2, -0.15) is 0 Å². The Balaban J connectivity index is 2.21. The summed E-state index contributed by atoms with van der Waals surface area (Å²) in [4.78, 5) is 2.63. The lowest BCUT2D eigenvalue weighted by Crippen LogP contribution is -2.17. The third-order valence-electron chi connectivity index (χ3n) is 3.15. The molecule has 0 aliphatic carbocycles. The topological polar surface area (TPSA) is 12.0 Å². The van der Waals surface area contributed by atoms with Crippen molar-refractivity contribution >= 4 is 22.9 Å². The van der Waals surface area contributed by atoms with Crippen molar-refractivity contribution in [1.29, 1.82) is 0 Å². The van der Waals surface area contributed by atoms with Crippen molar-refractivity contribution in [2.45, 2.75) is 25.8 Å². The smallest absolute Gasteiger partial charge is 0.123 e. The summed E-state index contributed by atoms with van der Waals surface area (Å²) in [5.41, 5.74) is 0.840. The van der Waals surface area contributed by atoms with E-state index in [0.717, 1.165) is 12.0 Å². The van der Waals surface area contributed by atoms with Crippen LogP contribution in [0.4, 0.5) is 4.39 Å². The number of likely N-dealkylation sites (N-methyl/N-ethyl adjacent to an activating group) is 1. The van der Waals surface area contributed by atoms with E-state index in [9.17, 15) is 4.39 Å². The fourth-order valence-corrected chi connectivity index (χ4v) is 3.29. The lowest BCUT2D eigenvalue weighted by molar-refractivity contribution is 0.592. The number of rotatable bonds is 5. The van der Waals surface area contributed by atoms with Crippen LogP contribution in [0.2, 0.25) is 5.02 Å². The summed E-state index contributed by atoms with van der Waals surface area (Å²) in [7, 11) is 1.92. The summed E-state index contributed by atoms with van der Waals surface area (Å²) in [6.07, 6.45) is 1.73. The van der Waals surface area contributed by atoms with Gasteiger partial charge in [0.25, 0.3) is 0 Å². The first-order valence-electron chi connectivity index (χ1n) is 6.33. The summed E-state index contributed by atoms with van der Waals surface area (Å²) in [5, 5.41) is 3.90. The predicted molar refractivity (Wildman–Crippen MR) is 80.6 cm³/mol. The quantitative estimate of drug-likeness (QED) is 0.850. The molecular formula is C15H17ClFNS. The van der Waals surface area contributed by atoms with E-state index in [1.54, 1.807) is 17.4 Å². The maximum Gasteiger partial charge on any atom is 0.123 e. The summed E-state index contributed by atoms with van der Waals surface area (Å²) in [6, 6.07) is 8.98. The normalized spacial score (nSPS) is 12.6. The molecular weight excluding hydrogens is 281 g/mol. The Morgan fingerprint density at radius 3 is 2.74 bits per heavy atom. The number of benzene rings is 1. The standard InChI is InChI=1S/C15H17ClFNS/c1-3-12-5-7-15(19-12)14(18-2)9-10-8-11(17)4-6-13(10)16/h4-8,14,18H,3,9H2,1-2H3. The Hall–Kier alpha value is -0.900. The van der Waals surface area contributed by atoms with Gasteiger partial charge in [0.15, 0.2) is 0 Å². The fourth-order valence-electron chi connectivity index (χ4n) is 2.04. The largest absolute Gasteiger partial charge is 0.312 e. The van der Waals surface area contributed by atoms with Crippen LogP contribution in [-0.2, 0) is 12.8 Å². The van der Waals surface area contributed by atoms with E-state index in [-0.39, 0.29) is 11.9 Å². The molecule has 0 spiro atoms. The Labute approximate surface area is 122 Å². The van der Waals surface area contributed by atoms with Gasteiger partial charge in [0.2, 0.25) is 0 Å². The van der Waals surface area contributed by atoms with Crippen molar-refractivity contribution < 1.29 is 4.39 Å². The van der Waals surface area contributed by atoms with Crippen LogP contribution in [0.15, 0.2) is 30.3 Å². The molecule has 1 nitrogen and oxygen atoms in total. The van der Waals surface area contributed by atoms with E-state index in [2.05, 4.69) is 24.4 Å². The molecule has 0 amide bonds. The van der Waals surface area contributed by atoms with Crippen molar-refractivity contribution in [3.05, 3.63) is 56.5 Å². The molecule has 0 aliphatic rings. The van der Waals surface area contributed by atoms with Crippen LogP contribution in [0, 0.1) is 5.82 Å². The number of hydrogen-bond donors (Lipinski definition) is 1. The second-order valence-corrected chi connectivity index (χ2v) is 6.05. The maximum atomic E-state index is 13.3. The molecule has 0 bridgehead atoms. The van der Waals surface area contributed by atoms with Crippen molar-refractivity contribution in [2.24, 2.45) is 0 Å². The molecule has 2 aromatic rings. The Morgan fingerprint density at radius 2 is 2.11 bits per heavy atom. The van der Waals surface area contributed by atoms with Gasteiger partial charge in [0.1, 0.15) is 5.82 Å². The van der Waals surface area contributed by atoms with Crippen molar-refractivity contribution in [2.75, 3.05) is 7.05 Å². The van der Waals surface area contributed by atoms with E-state index in [4.69, 9.17) is 11.6 Å². The Kier molecular flexibility index (Phi) is 4.97. The van der Waals surface area contributed by atoms with Gasteiger partial charge in [-0.25, -0.2) is 4.39 Å². The van der Waals surface area contributed by atoms with Crippen LogP contribution in [0.3, 0.4) is 0 Å². The molecule has 0 radical (unpaired) electrons. The lowest BCUT2D eigenvalue weighted by atomic mass is 10.0. The summed E-state index contributed by atoms with van der Waals surface area (Å²) in [5.74, 6) is -0.241. The molecule has 0 aliphatic heterocycles. The average molecular weight is 298 g/mol. The Morgan fingerprint density at radius 1 is 1.32 bits per heavy atom. The van der Waals surface area contributed by atoms with Crippen LogP contribution in [0.1, 0.15) is 28.3 Å². The number of hydrogen-bond acceptors (Lipinski definition) is 2. The van der Waals surface area contributed by atoms with E-state index < -0.39 is 0 Å². The zero-order valence-corrected chi connectivity index (χ0v) is 12.6. The zero-order valence-electron chi connectivity index (χ0n) is 11.0. The minimum absolute atomic E-state index is 0.171. The lowest BCUT2D eigenvalue weighted by Gasteiger charge is -2.15. The van der Waals surface area contributed by atoms with Crippen LogP contribution in [0.25, 0.3) is 0 Å². The molecule has 1 aromatic carbocycles. The van der Waals surface area contributed by atoms with Crippen molar-refractivity contribution in [3.63, 3.8) is 0 Å². The summed E-state index contributed by atoms with van der Waals surface area (Å²) >= 11 is 7.92. The fraction of sp³-hybridized carbons (Fsp3) is 0.333. The molecule has 19 heavy (non-hydrogen) atoms. The van der Waals surface area contributed by atoms with Gasteiger partial charge in [-0.3, -0.25) is 0 Å². The van der Waals surface area contributed by atoms with Gasteiger partial charge >= 0.3 is 0 Å². The van der Waals surface area contributed by atoms with Crippen LogP contribution >= 0.6 is 22.9 Å². The maximum absolute atomic E-state index is 13.3. The van der Waals surface area contributed by atoms with Gasteiger partial charge in [-0.05, 0) is 55.8 Å².